The Balaban J connectivity index is 1.97. The monoisotopic (exact) mass is 469 g/mol. The molecule has 0 aliphatic carbocycles. The van der Waals surface area contributed by atoms with Crippen molar-refractivity contribution in [2.24, 2.45) is 0 Å². The summed E-state index contributed by atoms with van der Waals surface area (Å²) in [6.45, 7) is 1.32. The lowest BCUT2D eigenvalue weighted by molar-refractivity contribution is 0.0986. The van der Waals surface area contributed by atoms with Crippen LogP contribution in [0.4, 0.5) is 9.52 Å². The number of aromatic nitrogens is 1. The molecule has 1 aromatic heterocycles. The number of anilines is 1. The van der Waals surface area contributed by atoms with Crippen LogP contribution in [0.5, 0.6) is 0 Å². The molecule has 0 saturated carbocycles. The molecule has 27 heavy (non-hydrogen) atoms. The molecule has 2 aromatic carbocycles. The standard InChI is InChI=1S/C19H18BrClFN3OS/c1-24(2)8-3-9-25(18(26)14-6-5-13(22)11-15(14)21)19-23-16-7-4-12(20)10-17(16)27-19/h4-7,10-11H,3,8-9H2,1-2H3. The van der Waals surface area contributed by atoms with Crippen molar-refractivity contribution in [1.29, 1.82) is 0 Å². The van der Waals surface area contributed by atoms with Crippen molar-refractivity contribution < 1.29 is 9.18 Å². The van der Waals surface area contributed by atoms with Crippen LogP contribution < -0.4 is 4.90 Å². The van der Waals surface area contributed by atoms with Crippen LogP contribution in [0.25, 0.3) is 10.2 Å². The number of hydrogen-bond acceptors (Lipinski definition) is 4. The molecule has 0 aliphatic heterocycles. The Kier molecular flexibility index (Phi) is 6.47. The molecule has 0 saturated heterocycles. The Morgan fingerprint density at radius 1 is 1.22 bits per heavy atom. The molecule has 3 aromatic rings. The second-order valence-electron chi connectivity index (χ2n) is 6.35. The Hall–Kier alpha value is -1.54. The molecular weight excluding hydrogens is 453 g/mol. The number of benzene rings is 2. The largest absolute Gasteiger partial charge is 0.309 e. The lowest BCUT2D eigenvalue weighted by Crippen LogP contribution is -2.33. The molecule has 4 nitrogen and oxygen atoms in total. The topological polar surface area (TPSA) is 36.4 Å². The summed E-state index contributed by atoms with van der Waals surface area (Å²) in [6, 6.07) is 9.62. The van der Waals surface area contributed by atoms with E-state index in [-0.39, 0.29) is 16.5 Å². The van der Waals surface area contributed by atoms with Crippen LogP contribution in [0.2, 0.25) is 5.02 Å². The number of nitrogens with zero attached hydrogens (tertiary/aromatic N) is 3. The molecule has 8 heteroatoms. The van der Waals surface area contributed by atoms with Gasteiger partial charge in [0.15, 0.2) is 5.13 Å². The van der Waals surface area contributed by atoms with Crippen LogP contribution >= 0.6 is 38.9 Å². The summed E-state index contributed by atoms with van der Waals surface area (Å²) in [5.41, 5.74) is 1.09. The van der Waals surface area contributed by atoms with Crippen LogP contribution in [0.3, 0.4) is 0 Å². The van der Waals surface area contributed by atoms with Gasteiger partial charge in [0.1, 0.15) is 5.82 Å². The van der Waals surface area contributed by atoms with Crippen molar-refractivity contribution in [2.45, 2.75) is 6.42 Å². The molecule has 0 spiro atoms. The summed E-state index contributed by atoms with van der Waals surface area (Å²) in [5.74, 6) is -0.752. The number of fused-ring (bicyclic) bond motifs is 1. The zero-order valence-electron chi connectivity index (χ0n) is 14.9. The molecule has 1 amide bonds. The highest BCUT2D eigenvalue weighted by molar-refractivity contribution is 9.10. The van der Waals surface area contributed by atoms with Gasteiger partial charge in [-0.05, 0) is 63.5 Å². The maximum absolute atomic E-state index is 13.4. The van der Waals surface area contributed by atoms with Crippen molar-refractivity contribution >= 4 is 60.1 Å². The fraction of sp³-hybridized carbons (Fsp3) is 0.263. The van der Waals surface area contributed by atoms with Gasteiger partial charge in [-0.3, -0.25) is 9.69 Å². The van der Waals surface area contributed by atoms with Gasteiger partial charge in [-0.15, -0.1) is 0 Å². The normalized spacial score (nSPS) is 11.3. The van der Waals surface area contributed by atoms with E-state index in [0.29, 0.717) is 11.7 Å². The summed E-state index contributed by atoms with van der Waals surface area (Å²) in [4.78, 5) is 21.5. The minimum Gasteiger partial charge on any atom is -0.309 e. The fourth-order valence-electron chi connectivity index (χ4n) is 2.64. The Morgan fingerprint density at radius 2 is 2.00 bits per heavy atom. The molecule has 0 radical (unpaired) electrons. The molecular formula is C19H18BrClFN3OS. The van der Waals surface area contributed by atoms with Crippen LogP contribution in [-0.4, -0.2) is 43.0 Å². The van der Waals surface area contributed by atoms with E-state index in [1.165, 1.54) is 23.5 Å². The number of rotatable bonds is 6. The summed E-state index contributed by atoms with van der Waals surface area (Å²) in [6.07, 6.45) is 0.775. The third kappa shape index (κ3) is 4.85. The molecule has 3 rings (SSSR count). The van der Waals surface area contributed by atoms with Crippen molar-refractivity contribution in [3.8, 4) is 0 Å². The van der Waals surface area contributed by atoms with Crippen molar-refractivity contribution in [2.75, 3.05) is 32.1 Å². The minimum absolute atomic E-state index is 0.0986. The van der Waals surface area contributed by atoms with Crippen molar-refractivity contribution in [3.63, 3.8) is 0 Å². The zero-order valence-corrected chi connectivity index (χ0v) is 18.0. The predicted molar refractivity (Wildman–Crippen MR) is 114 cm³/mol. The first-order valence-electron chi connectivity index (χ1n) is 8.33. The Bertz CT molecular complexity index is 979. The highest BCUT2D eigenvalue weighted by Crippen LogP contribution is 2.32. The van der Waals surface area contributed by atoms with E-state index in [1.807, 2.05) is 32.3 Å². The first kappa shape index (κ1) is 20.2. The van der Waals surface area contributed by atoms with E-state index in [4.69, 9.17) is 11.6 Å². The second kappa shape index (κ2) is 8.65. The van der Waals surface area contributed by atoms with Gasteiger partial charge in [0.05, 0.1) is 20.8 Å². The number of carbonyl (C=O) groups excluding carboxylic acids is 1. The van der Waals surface area contributed by atoms with E-state index in [9.17, 15) is 9.18 Å². The summed E-state index contributed by atoms with van der Waals surface area (Å²) < 4.78 is 15.3. The SMILES string of the molecule is CN(C)CCCN(C(=O)c1ccc(F)cc1Cl)c1nc2ccc(Br)cc2s1. The van der Waals surface area contributed by atoms with E-state index in [0.717, 1.165) is 33.7 Å². The molecule has 142 valence electrons. The second-order valence-corrected chi connectivity index (χ2v) is 8.68. The lowest BCUT2D eigenvalue weighted by Gasteiger charge is -2.21. The molecule has 0 atom stereocenters. The third-order valence-electron chi connectivity index (χ3n) is 3.96. The van der Waals surface area contributed by atoms with Gasteiger partial charge >= 0.3 is 0 Å². The van der Waals surface area contributed by atoms with E-state index in [2.05, 4.69) is 25.8 Å². The Labute approximate surface area is 174 Å². The fourth-order valence-corrected chi connectivity index (χ4v) is 4.43. The van der Waals surface area contributed by atoms with Crippen LogP contribution in [0, 0.1) is 5.82 Å². The van der Waals surface area contributed by atoms with Crippen LogP contribution in [0.1, 0.15) is 16.8 Å². The van der Waals surface area contributed by atoms with Crippen molar-refractivity contribution in [1.82, 2.24) is 9.88 Å². The highest BCUT2D eigenvalue weighted by atomic mass is 79.9. The number of amides is 1. The van der Waals surface area contributed by atoms with Gasteiger partial charge in [-0.2, -0.15) is 0 Å². The summed E-state index contributed by atoms with van der Waals surface area (Å²) in [5, 5.41) is 0.703. The highest BCUT2D eigenvalue weighted by Gasteiger charge is 2.23. The number of carbonyl (C=O) groups is 1. The average Bonchev–Trinajstić information content (AvgIpc) is 3.00. The van der Waals surface area contributed by atoms with Gasteiger partial charge < -0.3 is 4.90 Å². The van der Waals surface area contributed by atoms with Gasteiger partial charge in [0, 0.05) is 11.0 Å². The molecule has 0 fully saturated rings. The smallest absolute Gasteiger partial charge is 0.261 e. The number of hydrogen-bond donors (Lipinski definition) is 0. The average molecular weight is 471 g/mol. The van der Waals surface area contributed by atoms with Gasteiger partial charge in [0.2, 0.25) is 0 Å². The predicted octanol–water partition coefficient (Wildman–Crippen LogP) is 5.45. The molecule has 0 N–H and O–H groups in total. The molecule has 0 bridgehead atoms. The first-order valence-corrected chi connectivity index (χ1v) is 10.3. The first-order chi connectivity index (χ1) is 12.8. The lowest BCUT2D eigenvalue weighted by atomic mass is 10.2. The zero-order chi connectivity index (χ0) is 19.6. The van der Waals surface area contributed by atoms with Gasteiger partial charge in [0.25, 0.3) is 5.91 Å². The summed E-state index contributed by atoms with van der Waals surface area (Å²) in [7, 11) is 3.97. The maximum atomic E-state index is 13.4. The molecule has 1 heterocycles. The Morgan fingerprint density at radius 3 is 2.70 bits per heavy atom. The van der Waals surface area contributed by atoms with Crippen LogP contribution in [-0.2, 0) is 0 Å². The molecule has 0 aliphatic rings. The van der Waals surface area contributed by atoms with Crippen molar-refractivity contribution in [3.05, 3.63) is 57.3 Å². The van der Waals surface area contributed by atoms with Gasteiger partial charge in [-0.1, -0.05) is 38.9 Å². The van der Waals surface area contributed by atoms with E-state index >= 15 is 0 Å². The minimum atomic E-state index is -0.472. The third-order valence-corrected chi connectivity index (χ3v) is 5.81. The number of halogens is 3. The maximum Gasteiger partial charge on any atom is 0.261 e. The van der Waals surface area contributed by atoms with E-state index in [1.54, 1.807) is 4.90 Å². The van der Waals surface area contributed by atoms with Gasteiger partial charge in [-0.25, -0.2) is 9.37 Å². The quantitative estimate of drug-likeness (QED) is 0.481. The van der Waals surface area contributed by atoms with E-state index < -0.39 is 5.82 Å². The summed E-state index contributed by atoms with van der Waals surface area (Å²) >= 11 is 11.0. The molecule has 0 unspecified atom stereocenters. The number of thiazole rings is 1. The van der Waals surface area contributed by atoms with Crippen LogP contribution in [0.15, 0.2) is 40.9 Å².